The molecule has 1 aliphatic rings. The molecule has 1 saturated heterocycles. The number of hydrogen-bond acceptors (Lipinski definition) is 4. The molecule has 3 aromatic rings. The molecular formula is C25H19FN2O4. The van der Waals surface area contributed by atoms with Gasteiger partial charge in [-0.25, -0.2) is 4.39 Å². The number of nitrogens with zero attached hydrogens (tertiary/aromatic N) is 1. The first-order valence-electron chi connectivity index (χ1n) is 9.86. The zero-order chi connectivity index (χ0) is 22.8. The van der Waals surface area contributed by atoms with E-state index in [-0.39, 0.29) is 17.2 Å². The fourth-order valence-electron chi connectivity index (χ4n) is 3.72. The SMILES string of the molecule is CC(=O)Nc1ccc(N2C(=O)C(=O)C(=C(O)c3ccccc3)C2c2ccc(F)cc2)cc1. The van der Waals surface area contributed by atoms with Crippen molar-refractivity contribution in [3.8, 4) is 0 Å². The molecule has 4 rings (SSSR count). The Morgan fingerprint density at radius 2 is 1.56 bits per heavy atom. The number of carbonyl (C=O) groups excluding carboxylic acids is 3. The van der Waals surface area contributed by atoms with Crippen LogP contribution in [0.2, 0.25) is 0 Å². The molecule has 7 heteroatoms. The number of aliphatic hydroxyl groups excluding tert-OH is 1. The monoisotopic (exact) mass is 430 g/mol. The fraction of sp³-hybridized carbons (Fsp3) is 0.0800. The first-order chi connectivity index (χ1) is 15.4. The van der Waals surface area contributed by atoms with Gasteiger partial charge in [-0.3, -0.25) is 19.3 Å². The summed E-state index contributed by atoms with van der Waals surface area (Å²) in [5, 5.41) is 13.6. The highest BCUT2D eigenvalue weighted by Gasteiger charge is 2.46. The summed E-state index contributed by atoms with van der Waals surface area (Å²) in [7, 11) is 0. The fourth-order valence-corrected chi connectivity index (χ4v) is 3.72. The molecule has 2 amide bonds. The van der Waals surface area contributed by atoms with Crippen LogP contribution in [0.1, 0.15) is 24.1 Å². The van der Waals surface area contributed by atoms with Gasteiger partial charge in [0.25, 0.3) is 11.7 Å². The number of nitrogens with one attached hydrogen (secondary N) is 1. The molecule has 0 bridgehead atoms. The zero-order valence-electron chi connectivity index (χ0n) is 17.1. The van der Waals surface area contributed by atoms with Gasteiger partial charge in [0.2, 0.25) is 5.91 Å². The van der Waals surface area contributed by atoms with E-state index in [2.05, 4.69) is 5.32 Å². The number of amides is 2. The van der Waals surface area contributed by atoms with Crippen molar-refractivity contribution in [3.63, 3.8) is 0 Å². The van der Waals surface area contributed by atoms with Crippen molar-refractivity contribution in [2.45, 2.75) is 13.0 Å². The second kappa shape index (κ2) is 8.47. The first kappa shape index (κ1) is 21.0. The summed E-state index contributed by atoms with van der Waals surface area (Å²) in [5.74, 6) is -2.67. The van der Waals surface area contributed by atoms with Crippen LogP contribution in [-0.2, 0) is 14.4 Å². The van der Waals surface area contributed by atoms with Crippen molar-refractivity contribution in [2.75, 3.05) is 10.2 Å². The average Bonchev–Trinajstić information content (AvgIpc) is 3.05. The third kappa shape index (κ3) is 3.88. The van der Waals surface area contributed by atoms with Crippen LogP contribution in [0.4, 0.5) is 15.8 Å². The van der Waals surface area contributed by atoms with Gasteiger partial charge in [0.05, 0.1) is 11.6 Å². The van der Waals surface area contributed by atoms with E-state index < -0.39 is 23.5 Å². The van der Waals surface area contributed by atoms with Gasteiger partial charge in [-0.15, -0.1) is 0 Å². The zero-order valence-corrected chi connectivity index (χ0v) is 17.1. The predicted molar refractivity (Wildman–Crippen MR) is 118 cm³/mol. The number of anilines is 2. The number of rotatable bonds is 4. The van der Waals surface area contributed by atoms with E-state index in [0.717, 1.165) is 0 Å². The van der Waals surface area contributed by atoms with E-state index in [9.17, 15) is 23.9 Å². The maximum atomic E-state index is 13.6. The van der Waals surface area contributed by atoms with Gasteiger partial charge in [0.1, 0.15) is 11.6 Å². The lowest BCUT2D eigenvalue weighted by atomic mass is 9.95. The van der Waals surface area contributed by atoms with Crippen LogP contribution in [0, 0.1) is 5.82 Å². The van der Waals surface area contributed by atoms with Crippen LogP contribution in [-0.4, -0.2) is 22.7 Å². The number of benzene rings is 3. The lowest BCUT2D eigenvalue weighted by Crippen LogP contribution is -2.29. The van der Waals surface area contributed by atoms with Crippen molar-refractivity contribution in [3.05, 3.63) is 101 Å². The molecule has 0 aliphatic carbocycles. The van der Waals surface area contributed by atoms with Crippen LogP contribution in [0.5, 0.6) is 0 Å². The van der Waals surface area contributed by atoms with Gasteiger partial charge in [-0.1, -0.05) is 42.5 Å². The summed E-state index contributed by atoms with van der Waals surface area (Å²) < 4.78 is 13.6. The lowest BCUT2D eigenvalue weighted by Gasteiger charge is -2.25. The summed E-state index contributed by atoms with van der Waals surface area (Å²) in [4.78, 5) is 38.6. The molecule has 3 aromatic carbocycles. The molecule has 0 aromatic heterocycles. The summed E-state index contributed by atoms with van der Waals surface area (Å²) in [5.41, 5.74) is 1.69. The number of Topliss-reactive ketones (excluding diaryl/α,β-unsaturated/α-hetero) is 1. The molecule has 1 heterocycles. The highest BCUT2D eigenvalue weighted by molar-refractivity contribution is 6.51. The Morgan fingerprint density at radius 3 is 2.16 bits per heavy atom. The van der Waals surface area contributed by atoms with Crippen LogP contribution in [0.3, 0.4) is 0 Å². The van der Waals surface area contributed by atoms with E-state index in [4.69, 9.17) is 0 Å². The molecule has 1 unspecified atom stereocenters. The lowest BCUT2D eigenvalue weighted by molar-refractivity contribution is -0.132. The number of carbonyl (C=O) groups is 3. The normalized spacial score (nSPS) is 17.4. The van der Waals surface area contributed by atoms with Crippen LogP contribution < -0.4 is 10.2 Å². The van der Waals surface area contributed by atoms with Crippen LogP contribution in [0.25, 0.3) is 5.76 Å². The molecule has 0 spiro atoms. The maximum absolute atomic E-state index is 13.6. The molecule has 0 saturated carbocycles. The average molecular weight is 430 g/mol. The molecule has 2 N–H and O–H groups in total. The van der Waals surface area contributed by atoms with E-state index in [1.807, 2.05) is 0 Å². The topological polar surface area (TPSA) is 86.7 Å². The van der Waals surface area contributed by atoms with Crippen molar-refractivity contribution >= 4 is 34.7 Å². The number of hydrogen-bond donors (Lipinski definition) is 2. The van der Waals surface area contributed by atoms with Crippen LogP contribution >= 0.6 is 0 Å². The number of halogens is 1. The van der Waals surface area contributed by atoms with Crippen LogP contribution in [0.15, 0.2) is 84.4 Å². The molecule has 1 atom stereocenters. The first-order valence-corrected chi connectivity index (χ1v) is 9.86. The largest absolute Gasteiger partial charge is 0.507 e. The van der Waals surface area contributed by atoms with Gasteiger partial charge >= 0.3 is 0 Å². The Kier molecular flexibility index (Phi) is 5.55. The highest BCUT2D eigenvalue weighted by atomic mass is 19.1. The Labute approximate surface area is 183 Å². The molecule has 6 nitrogen and oxygen atoms in total. The van der Waals surface area contributed by atoms with Crippen molar-refractivity contribution in [2.24, 2.45) is 0 Å². The molecule has 160 valence electrons. The molecule has 32 heavy (non-hydrogen) atoms. The van der Waals surface area contributed by atoms with E-state index in [0.29, 0.717) is 22.5 Å². The Morgan fingerprint density at radius 1 is 0.938 bits per heavy atom. The number of aliphatic hydroxyl groups is 1. The van der Waals surface area contributed by atoms with E-state index >= 15 is 0 Å². The summed E-state index contributed by atoms with van der Waals surface area (Å²) >= 11 is 0. The second-order valence-electron chi connectivity index (χ2n) is 7.31. The second-order valence-corrected chi connectivity index (χ2v) is 7.31. The Hall–Kier alpha value is -4.26. The van der Waals surface area contributed by atoms with Crippen molar-refractivity contribution in [1.82, 2.24) is 0 Å². The standard InChI is InChI=1S/C25H19FN2O4/c1-15(29)27-19-11-13-20(14-12-19)28-22(16-7-9-18(26)10-8-16)21(24(31)25(28)32)23(30)17-5-3-2-4-6-17/h2-14,22,30H,1H3,(H,27,29). The molecular weight excluding hydrogens is 411 g/mol. The third-order valence-corrected chi connectivity index (χ3v) is 5.14. The quantitative estimate of drug-likeness (QED) is 0.365. The van der Waals surface area contributed by atoms with Crippen molar-refractivity contribution in [1.29, 1.82) is 0 Å². The highest BCUT2D eigenvalue weighted by Crippen LogP contribution is 2.42. The van der Waals surface area contributed by atoms with E-state index in [1.54, 1.807) is 54.6 Å². The third-order valence-electron chi connectivity index (χ3n) is 5.14. The summed E-state index contributed by atoms with van der Waals surface area (Å²) in [6, 6.07) is 19.3. The van der Waals surface area contributed by atoms with Gasteiger partial charge in [0, 0.05) is 23.9 Å². The minimum Gasteiger partial charge on any atom is -0.507 e. The van der Waals surface area contributed by atoms with Gasteiger partial charge in [0.15, 0.2) is 0 Å². The minimum absolute atomic E-state index is 0.0845. The predicted octanol–water partition coefficient (Wildman–Crippen LogP) is 4.41. The minimum atomic E-state index is -0.956. The van der Waals surface area contributed by atoms with Gasteiger partial charge in [-0.05, 0) is 42.0 Å². The maximum Gasteiger partial charge on any atom is 0.300 e. The van der Waals surface area contributed by atoms with Gasteiger partial charge < -0.3 is 10.4 Å². The Balaban J connectivity index is 1.87. The summed E-state index contributed by atoms with van der Waals surface area (Å²) in [6.07, 6.45) is 0. The smallest absolute Gasteiger partial charge is 0.300 e. The molecule has 1 fully saturated rings. The summed E-state index contributed by atoms with van der Waals surface area (Å²) in [6.45, 7) is 1.38. The Bertz CT molecular complexity index is 1220. The number of ketones is 1. The van der Waals surface area contributed by atoms with E-state index in [1.165, 1.54) is 36.1 Å². The molecule has 0 radical (unpaired) electrons. The van der Waals surface area contributed by atoms with Gasteiger partial charge in [-0.2, -0.15) is 0 Å². The van der Waals surface area contributed by atoms with Crippen molar-refractivity contribution < 1.29 is 23.9 Å². The molecule has 1 aliphatic heterocycles.